The van der Waals surface area contributed by atoms with Gasteiger partial charge in [0.15, 0.2) is 0 Å². The molecular weight excluding hydrogens is 484 g/mol. The van der Waals surface area contributed by atoms with Crippen LogP contribution in [-0.4, -0.2) is 0 Å². The van der Waals surface area contributed by atoms with Crippen LogP contribution in [0.2, 0.25) is 0 Å². The molecule has 0 radical (unpaired) electrons. The van der Waals surface area contributed by atoms with E-state index in [1.807, 2.05) is 72.8 Å². The third-order valence-corrected chi connectivity index (χ3v) is 7.14. The summed E-state index contributed by atoms with van der Waals surface area (Å²) in [7, 11) is 0. The van der Waals surface area contributed by atoms with Gasteiger partial charge in [-0.25, -0.2) is 0 Å². The molecule has 0 heterocycles. The molecule has 0 N–H and O–H groups in total. The smallest absolute Gasteiger partial charge is 0.0998 e. The Bertz CT molecular complexity index is 1890. The van der Waals surface area contributed by atoms with Gasteiger partial charge in [-0.15, -0.1) is 0 Å². The fourth-order valence-electron chi connectivity index (χ4n) is 5.08. The lowest BCUT2D eigenvalue weighted by molar-refractivity contribution is 1.46. The molecule has 0 unspecified atom stereocenters. The maximum atomic E-state index is 10.1. The highest BCUT2D eigenvalue weighted by Crippen LogP contribution is 2.34. The van der Waals surface area contributed by atoms with Gasteiger partial charge in [-0.3, -0.25) is 0 Å². The van der Waals surface area contributed by atoms with Gasteiger partial charge in [0.2, 0.25) is 0 Å². The van der Waals surface area contributed by atoms with E-state index >= 15 is 0 Å². The molecule has 0 saturated carbocycles. The van der Waals surface area contributed by atoms with Crippen LogP contribution in [0.1, 0.15) is 11.1 Å². The molecule has 0 spiro atoms. The molecule has 0 aromatic heterocycles. The topological polar surface area (TPSA) is 47.6 Å². The predicted molar refractivity (Wildman–Crippen MR) is 163 cm³/mol. The Kier molecular flexibility index (Phi) is 6.75. The maximum Gasteiger partial charge on any atom is 0.0998 e. The lowest BCUT2D eigenvalue weighted by atomic mass is 9.91. The first-order valence-electron chi connectivity index (χ1n) is 13.1. The SMILES string of the molecule is N#Cc1cc(-c2ccccc2)cc(-c2ccc(-c3ccc(-c4cccc(-c5ccccc5)c4)cc3)cc2C#N)c1. The number of hydrogen-bond donors (Lipinski definition) is 0. The van der Waals surface area contributed by atoms with Crippen molar-refractivity contribution < 1.29 is 0 Å². The summed E-state index contributed by atoms with van der Waals surface area (Å²) in [6.45, 7) is 0. The lowest BCUT2D eigenvalue weighted by Crippen LogP contribution is -1.90. The van der Waals surface area contributed by atoms with Crippen molar-refractivity contribution in [2.75, 3.05) is 0 Å². The van der Waals surface area contributed by atoms with E-state index in [0.29, 0.717) is 11.1 Å². The summed E-state index contributed by atoms with van der Waals surface area (Å²) in [4.78, 5) is 0. The summed E-state index contributed by atoms with van der Waals surface area (Å²) >= 11 is 0. The van der Waals surface area contributed by atoms with Crippen LogP contribution in [0.3, 0.4) is 0 Å². The van der Waals surface area contributed by atoms with Gasteiger partial charge in [0.1, 0.15) is 0 Å². The highest BCUT2D eigenvalue weighted by atomic mass is 14.3. The molecule has 0 aliphatic heterocycles. The second-order valence-electron chi connectivity index (χ2n) is 9.67. The van der Waals surface area contributed by atoms with Crippen LogP contribution in [0, 0.1) is 22.7 Å². The molecule has 2 nitrogen and oxygen atoms in total. The summed E-state index contributed by atoms with van der Waals surface area (Å²) in [5.74, 6) is 0. The Hall–Kier alpha value is -5.70. The number of rotatable bonds is 5. The van der Waals surface area contributed by atoms with Crippen LogP contribution >= 0.6 is 0 Å². The Morgan fingerprint density at radius 3 is 1.35 bits per heavy atom. The zero-order valence-electron chi connectivity index (χ0n) is 21.8. The Morgan fingerprint density at radius 2 is 0.775 bits per heavy atom. The summed E-state index contributed by atoms with van der Waals surface area (Å²) in [5, 5.41) is 19.7. The molecule has 40 heavy (non-hydrogen) atoms. The first-order valence-corrected chi connectivity index (χ1v) is 13.1. The van der Waals surface area contributed by atoms with E-state index in [2.05, 4.69) is 84.9 Å². The number of benzene rings is 6. The molecule has 6 rings (SSSR count). The third kappa shape index (κ3) is 5.03. The van der Waals surface area contributed by atoms with Gasteiger partial charge in [0.05, 0.1) is 23.3 Å². The second kappa shape index (κ2) is 11.0. The van der Waals surface area contributed by atoms with Gasteiger partial charge < -0.3 is 0 Å². The molecule has 0 saturated heterocycles. The minimum atomic E-state index is 0.566. The summed E-state index contributed by atoms with van der Waals surface area (Å²) in [6, 6.07) is 53.8. The summed E-state index contributed by atoms with van der Waals surface area (Å²) in [5.41, 5.74) is 11.5. The second-order valence-corrected chi connectivity index (χ2v) is 9.67. The summed E-state index contributed by atoms with van der Waals surface area (Å²) in [6.07, 6.45) is 0. The van der Waals surface area contributed by atoms with Crippen molar-refractivity contribution in [1.29, 1.82) is 10.5 Å². The van der Waals surface area contributed by atoms with Crippen LogP contribution in [0.25, 0.3) is 55.6 Å². The molecule has 0 atom stereocenters. The number of nitrogens with zero attached hydrogens (tertiary/aromatic N) is 2. The fraction of sp³-hybridized carbons (Fsp3) is 0. The van der Waals surface area contributed by atoms with E-state index in [4.69, 9.17) is 0 Å². The van der Waals surface area contributed by atoms with E-state index in [1.54, 1.807) is 0 Å². The van der Waals surface area contributed by atoms with Gasteiger partial charge in [0.25, 0.3) is 0 Å². The Balaban J connectivity index is 1.32. The molecule has 6 aromatic rings. The van der Waals surface area contributed by atoms with Crippen molar-refractivity contribution in [3.63, 3.8) is 0 Å². The summed E-state index contributed by atoms with van der Waals surface area (Å²) < 4.78 is 0. The minimum absolute atomic E-state index is 0.566. The van der Waals surface area contributed by atoms with E-state index in [-0.39, 0.29) is 0 Å². The predicted octanol–water partition coefficient (Wildman–Crippen LogP) is 9.76. The van der Waals surface area contributed by atoms with Crippen molar-refractivity contribution in [3.05, 3.63) is 157 Å². The van der Waals surface area contributed by atoms with Crippen LogP contribution < -0.4 is 0 Å². The fourth-order valence-corrected chi connectivity index (χ4v) is 5.08. The molecule has 0 fully saturated rings. The minimum Gasteiger partial charge on any atom is -0.192 e. The quantitative estimate of drug-likeness (QED) is 0.233. The molecule has 0 aliphatic carbocycles. The van der Waals surface area contributed by atoms with E-state index in [1.165, 1.54) is 11.1 Å². The van der Waals surface area contributed by atoms with Crippen LogP contribution in [0.5, 0.6) is 0 Å². The van der Waals surface area contributed by atoms with Gasteiger partial charge >= 0.3 is 0 Å². The molecule has 0 amide bonds. The highest BCUT2D eigenvalue weighted by molar-refractivity contribution is 5.81. The van der Waals surface area contributed by atoms with E-state index < -0.39 is 0 Å². The average Bonchev–Trinajstić information content (AvgIpc) is 3.05. The first kappa shape index (κ1) is 24.6. The number of nitriles is 2. The molecule has 186 valence electrons. The average molecular weight is 509 g/mol. The maximum absolute atomic E-state index is 10.1. The first-order chi connectivity index (χ1) is 19.7. The van der Waals surface area contributed by atoms with Crippen molar-refractivity contribution >= 4 is 0 Å². The van der Waals surface area contributed by atoms with E-state index in [0.717, 1.165) is 44.5 Å². The zero-order chi connectivity index (χ0) is 27.3. The van der Waals surface area contributed by atoms with Crippen molar-refractivity contribution in [1.82, 2.24) is 0 Å². The molecular formula is C38H24N2. The zero-order valence-corrected chi connectivity index (χ0v) is 21.8. The normalized spacial score (nSPS) is 10.4. The molecule has 0 bridgehead atoms. The van der Waals surface area contributed by atoms with E-state index in [9.17, 15) is 10.5 Å². The lowest BCUT2D eigenvalue weighted by Gasteiger charge is -2.11. The largest absolute Gasteiger partial charge is 0.192 e. The van der Waals surface area contributed by atoms with Gasteiger partial charge in [-0.1, -0.05) is 115 Å². The molecule has 2 heteroatoms. The van der Waals surface area contributed by atoms with Gasteiger partial charge in [0, 0.05) is 0 Å². The molecule has 6 aromatic carbocycles. The Morgan fingerprint density at radius 1 is 0.325 bits per heavy atom. The van der Waals surface area contributed by atoms with Gasteiger partial charge in [-0.2, -0.15) is 10.5 Å². The van der Waals surface area contributed by atoms with Crippen LogP contribution in [0.4, 0.5) is 0 Å². The Labute approximate surface area is 234 Å². The standard InChI is InChI=1S/C38H24N2/c39-25-27-20-35(29-10-5-2-6-11-29)24-36(21-27)38-19-18-34(23-37(38)26-40)31-16-14-30(15-17-31)33-13-7-12-32(22-33)28-8-3-1-4-9-28/h1-24H. The van der Waals surface area contributed by atoms with Crippen molar-refractivity contribution in [3.8, 4) is 67.8 Å². The third-order valence-electron chi connectivity index (χ3n) is 7.14. The van der Waals surface area contributed by atoms with Crippen LogP contribution in [0.15, 0.2) is 146 Å². The number of hydrogen-bond acceptors (Lipinski definition) is 2. The highest BCUT2D eigenvalue weighted by Gasteiger charge is 2.11. The monoisotopic (exact) mass is 508 g/mol. The van der Waals surface area contributed by atoms with Crippen LogP contribution in [-0.2, 0) is 0 Å². The van der Waals surface area contributed by atoms with Crippen molar-refractivity contribution in [2.24, 2.45) is 0 Å². The van der Waals surface area contributed by atoms with Crippen molar-refractivity contribution in [2.45, 2.75) is 0 Å². The molecule has 0 aliphatic rings. The van der Waals surface area contributed by atoms with Gasteiger partial charge in [-0.05, 0) is 86.0 Å².